The Kier molecular flexibility index (Phi) is 3.54. The topological polar surface area (TPSA) is 50.9 Å². The van der Waals surface area contributed by atoms with E-state index in [1.807, 2.05) is 36.9 Å². The van der Waals surface area contributed by atoms with Crippen LogP contribution in [-0.4, -0.2) is 19.6 Å². The van der Waals surface area contributed by atoms with E-state index < -0.39 is 6.10 Å². The molecule has 1 atom stereocenters. The first-order valence-electron chi connectivity index (χ1n) is 5.74. The predicted molar refractivity (Wildman–Crippen MR) is 65.5 cm³/mol. The van der Waals surface area contributed by atoms with Crippen molar-refractivity contribution in [1.82, 2.24) is 14.5 Å². The lowest BCUT2D eigenvalue weighted by molar-refractivity contribution is 0.161. The van der Waals surface area contributed by atoms with Crippen LogP contribution in [0.5, 0.6) is 0 Å². The SMILES string of the molecule is Cc1cccnc1C(O)CCc1nccn1C. The van der Waals surface area contributed by atoms with Crippen molar-refractivity contribution in [2.45, 2.75) is 25.9 Å². The minimum atomic E-state index is -0.520. The molecule has 90 valence electrons. The maximum atomic E-state index is 10.1. The van der Waals surface area contributed by atoms with Crippen molar-refractivity contribution in [1.29, 1.82) is 0 Å². The fourth-order valence-corrected chi connectivity index (χ4v) is 1.89. The van der Waals surface area contributed by atoms with Crippen molar-refractivity contribution in [2.75, 3.05) is 0 Å². The Bertz CT molecular complexity index is 493. The lowest BCUT2D eigenvalue weighted by Gasteiger charge is -2.12. The molecule has 1 unspecified atom stereocenters. The second-order valence-corrected chi connectivity index (χ2v) is 4.21. The monoisotopic (exact) mass is 231 g/mol. The summed E-state index contributed by atoms with van der Waals surface area (Å²) in [7, 11) is 1.96. The van der Waals surface area contributed by atoms with Gasteiger partial charge in [-0.3, -0.25) is 4.98 Å². The molecule has 1 N–H and O–H groups in total. The van der Waals surface area contributed by atoms with Gasteiger partial charge < -0.3 is 9.67 Å². The van der Waals surface area contributed by atoms with E-state index in [2.05, 4.69) is 9.97 Å². The number of hydrogen-bond donors (Lipinski definition) is 1. The van der Waals surface area contributed by atoms with Gasteiger partial charge in [-0.05, 0) is 25.0 Å². The van der Waals surface area contributed by atoms with Crippen molar-refractivity contribution in [2.24, 2.45) is 7.05 Å². The standard InChI is InChI=1S/C13H17N3O/c1-10-4-3-7-15-13(10)11(17)5-6-12-14-8-9-16(12)2/h3-4,7-9,11,17H,5-6H2,1-2H3. The van der Waals surface area contributed by atoms with Crippen molar-refractivity contribution < 1.29 is 5.11 Å². The number of hydrogen-bond acceptors (Lipinski definition) is 3. The number of aromatic nitrogens is 3. The number of imidazole rings is 1. The summed E-state index contributed by atoms with van der Waals surface area (Å²) in [6, 6.07) is 3.84. The lowest BCUT2D eigenvalue weighted by atomic mass is 10.1. The highest BCUT2D eigenvalue weighted by molar-refractivity contribution is 5.19. The molecule has 2 aromatic rings. The van der Waals surface area contributed by atoms with Crippen LogP contribution in [0.25, 0.3) is 0 Å². The number of pyridine rings is 1. The van der Waals surface area contributed by atoms with Gasteiger partial charge >= 0.3 is 0 Å². The van der Waals surface area contributed by atoms with Gasteiger partial charge in [-0.25, -0.2) is 4.98 Å². The first-order chi connectivity index (χ1) is 8.18. The molecule has 0 aromatic carbocycles. The first kappa shape index (κ1) is 11.8. The molecule has 0 aliphatic carbocycles. The van der Waals surface area contributed by atoms with Gasteiger partial charge in [-0.15, -0.1) is 0 Å². The fourth-order valence-electron chi connectivity index (χ4n) is 1.89. The lowest BCUT2D eigenvalue weighted by Crippen LogP contribution is -2.06. The van der Waals surface area contributed by atoms with Crippen LogP contribution in [0.1, 0.15) is 29.6 Å². The molecule has 2 aromatic heterocycles. The number of nitrogens with zero attached hydrogens (tertiary/aromatic N) is 3. The third kappa shape index (κ3) is 2.71. The molecule has 0 aliphatic rings. The van der Waals surface area contributed by atoms with Crippen molar-refractivity contribution >= 4 is 0 Å². The highest BCUT2D eigenvalue weighted by Crippen LogP contribution is 2.19. The minimum absolute atomic E-state index is 0.520. The highest BCUT2D eigenvalue weighted by atomic mass is 16.3. The summed E-state index contributed by atoms with van der Waals surface area (Å²) in [5, 5.41) is 10.1. The van der Waals surface area contributed by atoms with Crippen LogP contribution < -0.4 is 0 Å². The van der Waals surface area contributed by atoms with E-state index in [0.717, 1.165) is 23.5 Å². The van der Waals surface area contributed by atoms with Crippen molar-refractivity contribution in [3.8, 4) is 0 Å². The Morgan fingerprint density at radius 3 is 2.82 bits per heavy atom. The van der Waals surface area contributed by atoms with E-state index in [-0.39, 0.29) is 0 Å². The number of aliphatic hydroxyl groups excluding tert-OH is 1. The normalized spacial score (nSPS) is 12.6. The smallest absolute Gasteiger partial charge is 0.108 e. The number of aliphatic hydroxyl groups is 1. The van der Waals surface area contributed by atoms with Gasteiger partial charge in [0.1, 0.15) is 5.82 Å². The molecule has 17 heavy (non-hydrogen) atoms. The van der Waals surface area contributed by atoms with E-state index >= 15 is 0 Å². The summed E-state index contributed by atoms with van der Waals surface area (Å²) in [5.74, 6) is 0.984. The molecule has 0 spiro atoms. The second kappa shape index (κ2) is 5.10. The molecular formula is C13H17N3O. The Morgan fingerprint density at radius 2 is 2.18 bits per heavy atom. The van der Waals surface area contributed by atoms with Crippen LogP contribution in [0.3, 0.4) is 0 Å². The summed E-state index contributed by atoms with van der Waals surface area (Å²) < 4.78 is 1.97. The van der Waals surface area contributed by atoms with Gasteiger partial charge in [0.2, 0.25) is 0 Å². The second-order valence-electron chi connectivity index (χ2n) is 4.21. The molecule has 4 nitrogen and oxygen atoms in total. The van der Waals surface area contributed by atoms with E-state index in [1.54, 1.807) is 12.4 Å². The van der Waals surface area contributed by atoms with Crippen LogP contribution in [0, 0.1) is 6.92 Å². The van der Waals surface area contributed by atoms with E-state index in [4.69, 9.17) is 0 Å². The zero-order chi connectivity index (χ0) is 12.3. The molecule has 0 amide bonds. The Balaban J connectivity index is 2.01. The van der Waals surface area contributed by atoms with Gasteiger partial charge in [-0.1, -0.05) is 6.07 Å². The van der Waals surface area contributed by atoms with Crippen molar-refractivity contribution in [3.05, 3.63) is 47.8 Å². The third-order valence-electron chi connectivity index (χ3n) is 2.93. The maximum Gasteiger partial charge on any atom is 0.108 e. The molecule has 0 aliphatic heterocycles. The number of rotatable bonds is 4. The fraction of sp³-hybridized carbons (Fsp3) is 0.385. The quantitative estimate of drug-likeness (QED) is 0.872. The van der Waals surface area contributed by atoms with Crippen LogP contribution in [0.4, 0.5) is 0 Å². The largest absolute Gasteiger partial charge is 0.387 e. The van der Waals surface area contributed by atoms with Crippen LogP contribution in [0.2, 0.25) is 0 Å². The molecule has 2 heterocycles. The number of aryl methyl sites for hydroxylation is 3. The summed E-state index contributed by atoms with van der Waals surface area (Å²) in [5.41, 5.74) is 1.79. The minimum Gasteiger partial charge on any atom is -0.387 e. The maximum absolute atomic E-state index is 10.1. The molecule has 4 heteroatoms. The molecule has 2 rings (SSSR count). The summed E-state index contributed by atoms with van der Waals surface area (Å²) >= 11 is 0. The van der Waals surface area contributed by atoms with Crippen LogP contribution >= 0.6 is 0 Å². The van der Waals surface area contributed by atoms with Crippen LogP contribution in [-0.2, 0) is 13.5 Å². The van der Waals surface area contributed by atoms with E-state index in [0.29, 0.717) is 6.42 Å². The summed E-state index contributed by atoms with van der Waals surface area (Å²) in [4.78, 5) is 8.46. The zero-order valence-corrected chi connectivity index (χ0v) is 10.2. The van der Waals surface area contributed by atoms with Gasteiger partial charge in [0.15, 0.2) is 0 Å². The van der Waals surface area contributed by atoms with Crippen molar-refractivity contribution in [3.63, 3.8) is 0 Å². The zero-order valence-electron chi connectivity index (χ0n) is 10.2. The third-order valence-corrected chi connectivity index (χ3v) is 2.93. The first-order valence-corrected chi connectivity index (χ1v) is 5.74. The predicted octanol–water partition coefficient (Wildman–Crippen LogP) is 1.79. The highest BCUT2D eigenvalue weighted by Gasteiger charge is 2.12. The Morgan fingerprint density at radius 1 is 1.35 bits per heavy atom. The Hall–Kier alpha value is -1.68. The van der Waals surface area contributed by atoms with E-state index in [9.17, 15) is 5.11 Å². The molecular weight excluding hydrogens is 214 g/mol. The van der Waals surface area contributed by atoms with Crippen LogP contribution in [0.15, 0.2) is 30.7 Å². The molecule has 0 bridgehead atoms. The van der Waals surface area contributed by atoms with E-state index in [1.165, 1.54) is 0 Å². The molecule has 0 saturated carbocycles. The summed E-state index contributed by atoms with van der Waals surface area (Å²) in [6.07, 6.45) is 6.27. The van der Waals surface area contributed by atoms with Gasteiger partial charge in [0.05, 0.1) is 11.8 Å². The molecule has 0 fully saturated rings. The van der Waals surface area contributed by atoms with Gasteiger partial charge in [0, 0.05) is 32.1 Å². The van der Waals surface area contributed by atoms with Gasteiger partial charge in [0.25, 0.3) is 0 Å². The average Bonchev–Trinajstić information content (AvgIpc) is 2.72. The average molecular weight is 231 g/mol. The molecule has 0 saturated heterocycles. The molecule has 0 radical (unpaired) electrons. The van der Waals surface area contributed by atoms with Gasteiger partial charge in [-0.2, -0.15) is 0 Å². The Labute approximate surface area is 101 Å². The summed E-state index contributed by atoms with van der Waals surface area (Å²) in [6.45, 7) is 1.96.